The van der Waals surface area contributed by atoms with Crippen molar-refractivity contribution in [3.05, 3.63) is 27.1 Å². The average Bonchev–Trinajstić information content (AvgIpc) is 2.11. The Balaban J connectivity index is 3.16. The Morgan fingerprint density at radius 1 is 1.27 bits per heavy atom. The van der Waals surface area contributed by atoms with E-state index in [1.807, 2.05) is 0 Å². The second-order valence-electron chi connectivity index (χ2n) is 2.41. The van der Waals surface area contributed by atoms with E-state index in [4.69, 9.17) is 0 Å². The molecule has 0 spiro atoms. The van der Waals surface area contributed by atoms with Crippen LogP contribution in [0.4, 0.5) is 4.79 Å². The number of rotatable bonds is 2. The van der Waals surface area contributed by atoms with E-state index in [-0.39, 0.29) is 5.75 Å². The predicted molar refractivity (Wildman–Crippen MR) is 61.0 cm³/mol. The molecule has 5 nitrogen and oxygen atoms in total. The van der Waals surface area contributed by atoms with Gasteiger partial charge >= 0.3 is 15.4 Å². The molecule has 0 aliphatic carbocycles. The van der Waals surface area contributed by atoms with Crippen molar-refractivity contribution in [3.8, 4) is 5.75 Å². The van der Waals surface area contributed by atoms with Crippen LogP contribution >= 0.6 is 31.9 Å². The summed E-state index contributed by atoms with van der Waals surface area (Å²) in [6, 6.07) is 4.80. The van der Waals surface area contributed by atoms with Gasteiger partial charge in [0, 0.05) is 0 Å². The first kappa shape index (κ1) is 12.5. The van der Waals surface area contributed by atoms with Crippen molar-refractivity contribution in [1.82, 2.24) is 0 Å². The molecular formula is C7H5Br2NO4S. The number of halogens is 2. The number of hydrogen-bond donors (Lipinski definition) is 1. The van der Waals surface area contributed by atoms with E-state index >= 15 is 0 Å². The molecule has 1 rings (SSSR count). The number of benzene rings is 1. The smallest absolute Gasteiger partial charge is 0.373 e. The fraction of sp³-hybridized carbons (Fsp3) is 0. The maximum absolute atomic E-state index is 11.1. The summed E-state index contributed by atoms with van der Waals surface area (Å²) in [5, 5.41) is -1.54. The van der Waals surface area contributed by atoms with Gasteiger partial charge in [-0.1, -0.05) is 6.07 Å². The highest BCUT2D eigenvalue weighted by atomic mass is 79.9. The van der Waals surface area contributed by atoms with Gasteiger partial charge in [0.25, 0.3) is 0 Å². The molecule has 0 aromatic heterocycles. The Morgan fingerprint density at radius 2 is 1.73 bits per heavy atom. The van der Waals surface area contributed by atoms with E-state index in [9.17, 15) is 13.2 Å². The van der Waals surface area contributed by atoms with Crippen LogP contribution in [0.1, 0.15) is 0 Å². The zero-order chi connectivity index (χ0) is 11.6. The fourth-order valence-electron chi connectivity index (χ4n) is 0.713. The van der Waals surface area contributed by atoms with Gasteiger partial charge in [0.1, 0.15) is 0 Å². The predicted octanol–water partition coefficient (Wildman–Crippen LogP) is 2.00. The van der Waals surface area contributed by atoms with Crippen LogP contribution in [-0.2, 0) is 10.1 Å². The molecule has 2 N–H and O–H groups in total. The number of amides is 1. The number of hydrogen-bond acceptors (Lipinski definition) is 4. The van der Waals surface area contributed by atoms with E-state index in [2.05, 4.69) is 41.8 Å². The molecule has 0 saturated heterocycles. The number of para-hydroxylation sites is 1. The quantitative estimate of drug-likeness (QED) is 0.819. The Labute approximate surface area is 103 Å². The zero-order valence-electron chi connectivity index (χ0n) is 7.11. The molecule has 0 aliphatic heterocycles. The second-order valence-corrected chi connectivity index (χ2v) is 5.59. The van der Waals surface area contributed by atoms with Crippen LogP contribution in [0.25, 0.3) is 0 Å². The van der Waals surface area contributed by atoms with Crippen LogP contribution in [0.3, 0.4) is 0 Å². The minimum absolute atomic E-state index is 0.0173. The second kappa shape index (κ2) is 4.50. The number of primary amides is 1. The lowest BCUT2D eigenvalue weighted by Gasteiger charge is -2.07. The standard InChI is InChI=1S/C7H5Br2NO4S/c8-4-2-1-3-5(9)6(4)14-15(12,13)7(10)11/h1-3H,(H2,10,11). The van der Waals surface area contributed by atoms with Gasteiger partial charge in [-0.3, -0.25) is 4.79 Å². The van der Waals surface area contributed by atoms with Crippen LogP contribution in [0.2, 0.25) is 0 Å². The van der Waals surface area contributed by atoms with Crippen LogP contribution in [0.5, 0.6) is 5.75 Å². The van der Waals surface area contributed by atoms with Crippen molar-refractivity contribution < 1.29 is 17.4 Å². The molecule has 0 fully saturated rings. The Hall–Kier alpha value is -0.600. The first-order valence-corrected chi connectivity index (χ1v) is 6.52. The highest BCUT2D eigenvalue weighted by Crippen LogP contribution is 2.33. The molecule has 0 aliphatic rings. The summed E-state index contributed by atoms with van der Waals surface area (Å²) < 4.78 is 27.4. The molecule has 8 heteroatoms. The van der Waals surface area contributed by atoms with E-state index in [0.717, 1.165) is 0 Å². The van der Waals surface area contributed by atoms with Crippen molar-refractivity contribution in [2.75, 3.05) is 0 Å². The summed E-state index contributed by atoms with van der Waals surface area (Å²) in [6.45, 7) is 0. The Bertz CT molecular complexity index is 479. The third kappa shape index (κ3) is 2.93. The van der Waals surface area contributed by atoms with Gasteiger partial charge in [-0.25, -0.2) is 0 Å². The highest BCUT2D eigenvalue weighted by molar-refractivity contribution is 9.11. The van der Waals surface area contributed by atoms with E-state index in [1.54, 1.807) is 18.2 Å². The first-order chi connectivity index (χ1) is 6.84. The van der Waals surface area contributed by atoms with Crippen molar-refractivity contribution >= 4 is 47.2 Å². The normalized spacial score (nSPS) is 11.1. The van der Waals surface area contributed by atoms with Gasteiger partial charge in [-0.2, -0.15) is 8.42 Å². The molecule has 0 heterocycles. The van der Waals surface area contributed by atoms with Gasteiger partial charge in [-0.05, 0) is 44.0 Å². The third-order valence-electron chi connectivity index (χ3n) is 1.36. The lowest BCUT2D eigenvalue weighted by atomic mass is 10.3. The molecule has 1 amide bonds. The van der Waals surface area contributed by atoms with Crippen molar-refractivity contribution in [1.29, 1.82) is 0 Å². The number of carbonyl (C=O) groups excluding carboxylic acids is 1. The third-order valence-corrected chi connectivity index (χ3v) is 3.49. The largest absolute Gasteiger partial charge is 0.394 e. The van der Waals surface area contributed by atoms with Crippen molar-refractivity contribution in [2.45, 2.75) is 0 Å². The summed E-state index contributed by atoms with van der Waals surface area (Å²) in [5.41, 5.74) is 4.64. The molecule has 0 unspecified atom stereocenters. The SMILES string of the molecule is NC(=O)S(=O)(=O)Oc1c(Br)cccc1Br. The monoisotopic (exact) mass is 357 g/mol. The maximum atomic E-state index is 11.1. The minimum Gasteiger partial charge on any atom is -0.373 e. The van der Waals surface area contributed by atoms with Crippen LogP contribution < -0.4 is 9.92 Å². The van der Waals surface area contributed by atoms with Crippen LogP contribution in [0.15, 0.2) is 27.1 Å². The topological polar surface area (TPSA) is 86.5 Å². The van der Waals surface area contributed by atoms with E-state index in [1.165, 1.54) is 0 Å². The maximum Gasteiger partial charge on any atom is 0.394 e. The van der Waals surface area contributed by atoms with Gasteiger partial charge in [-0.15, -0.1) is 0 Å². The molecule has 1 aromatic rings. The summed E-state index contributed by atoms with van der Waals surface area (Å²) in [5.74, 6) is -0.0173. The van der Waals surface area contributed by atoms with Gasteiger partial charge in [0.05, 0.1) is 8.95 Å². The van der Waals surface area contributed by atoms with Crippen LogP contribution in [0, 0.1) is 0 Å². The van der Waals surface area contributed by atoms with E-state index in [0.29, 0.717) is 8.95 Å². The highest BCUT2D eigenvalue weighted by Gasteiger charge is 2.23. The van der Waals surface area contributed by atoms with Gasteiger partial charge in [0.15, 0.2) is 5.75 Å². The molecule has 0 saturated carbocycles. The zero-order valence-corrected chi connectivity index (χ0v) is 11.1. The number of nitrogens with two attached hydrogens (primary N) is 1. The molecular weight excluding hydrogens is 354 g/mol. The van der Waals surface area contributed by atoms with Crippen molar-refractivity contribution in [2.24, 2.45) is 5.73 Å². The molecule has 15 heavy (non-hydrogen) atoms. The minimum atomic E-state index is -4.42. The molecule has 82 valence electrons. The summed E-state index contributed by atoms with van der Waals surface area (Å²) >= 11 is 6.15. The van der Waals surface area contributed by atoms with Gasteiger partial charge < -0.3 is 9.92 Å². The first-order valence-electron chi connectivity index (χ1n) is 3.52. The van der Waals surface area contributed by atoms with Crippen molar-refractivity contribution in [3.63, 3.8) is 0 Å². The van der Waals surface area contributed by atoms with Crippen LogP contribution in [-0.4, -0.2) is 13.7 Å². The lowest BCUT2D eigenvalue weighted by Crippen LogP contribution is -2.26. The summed E-state index contributed by atoms with van der Waals surface area (Å²) in [4.78, 5) is 10.5. The van der Waals surface area contributed by atoms with E-state index < -0.39 is 15.4 Å². The average molecular weight is 359 g/mol. The molecule has 1 aromatic carbocycles. The molecule has 0 bridgehead atoms. The fourth-order valence-corrected chi connectivity index (χ4v) is 2.57. The molecule has 0 atom stereocenters. The summed E-state index contributed by atoms with van der Waals surface area (Å²) in [7, 11) is -4.42. The Kier molecular flexibility index (Phi) is 3.74. The lowest BCUT2D eigenvalue weighted by molar-refractivity contribution is 0.263. The molecule has 0 radical (unpaired) electrons. The Morgan fingerprint density at radius 3 is 2.13 bits per heavy atom. The number of carbonyl (C=O) groups is 1. The summed E-state index contributed by atoms with van der Waals surface area (Å²) in [6.07, 6.45) is 0. The van der Waals surface area contributed by atoms with Gasteiger partial charge in [0.2, 0.25) is 0 Å².